The maximum absolute atomic E-state index is 5.40. The molecule has 4 heteroatoms. The molecule has 1 fully saturated rings. The molecule has 0 amide bonds. The predicted molar refractivity (Wildman–Crippen MR) is 67.8 cm³/mol. The summed E-state index contributed by atoms with van der Waals surface area (Å²) in [5.41, 5.74) is 0. The lowest BCUT2D eigenvalue weighted by atomic mass is 10.1. The van der Waals surface area contributed by atoms with Gasteiger partial charge in [0.05, 0.1) is 6.73 Å². The van der Waals surface area contributed by atoms with Crippen molar-refractivity contribution in [3.63, 3.8) is 0 Å². The Balaban J connectivity index is 2.47. The lowest BCUT2D eigenvalue weighted by Crippen LogP contribution is -2.42. The number of hydrogen-bond acceptors (Lipinski definition) is 3. The molecule has 1 aliphatic heterocycles. The summed E-state index contributed by atoms with van der Waals surface area (Å²) < 4.78 is 10.7. The van der Waals surface area contributed by atoms with E-state index in [0.717, 1.165) is 32.8 Å². The molecule has 1 rings (SSSR count). The second-order valence-corrected chi connectivity index (χ2v) is 9.51. The molecular formula is C11H25NO2S. The molecule has 0 aromatic carbocycles. The Morgan fingerprint density at radius 3 is 2.33 bits per heavy atom. The molecule has 0 N–H and O–H groups in total. The highest BCUT2D eigenvalue weighted by Crippen LogP contribution is 2.36. The van der Waals surface area contributed by atoms with E-state index in [2.05, 4.69) is 23.7 Å². The van der Waals surface area contributed by atoms with Crippen LogP contribution in [-0.2, 0) is 9.47 Å². The minimum absolute atomic E-state index is 0.490. The summed E-state index contributed by atoms with van der Waals surface area (Å²) in [6.45, 7) is 2.57. The first-order valence-corrected chi connectivity index (χ1v) is 8.52. The molecule has 1 saturated heterocycles. The second kappa shape index (κ2) is 6.09. The molecule has 15 heavy (non-hydrogen) atoms. The van der Waals surface area contributed by atoms with Crippen LogP contribution in [0.1, 0.15) is 12.8 Å². The molecule has 92 valence electrons. The van der Waals surface area contributed by atoms with E-state index in [4.69, 9.17) is 9.47 Å². The molecule has 1 heterocycles. The minimum atomic E-state index is -0.490. The van der Waals surface area contributed by atoms with Gasteiger partial charge in [-0.05, 0) is 31.6 Å². The fourth-order valence-corrected chi connectivity index (χ4v) is 3.24. The number of hydrogen-bond donors (Lipinski definition) is 0. The first kappa shape index (κ1) is 13.3. The van der Waals surface area contributed by atoms with Crippen molar-refractivity contribution in [3.05, 3.63) is 0 Å². The molecule has 0 atom stereocenters. The normalized spacial score (nSPS) is 20.9. The number of rotatable bonds is 5. The zero-order valence-electron chi connectivity index (χ0n) is 10.5. The van der Waals surface area contributed by atoms with Gasteiger partial charge in [0.1, 0.15) is 0 Å². The van der Waals surface area contributed by atoms with Crippen molar-refractivity contribution in [1.29, 1.82) is 0 Å². The summed E-state index contributed by atoms with van der Waals surface area (Å²) in [4.78, 5) is 2.48. The highest BCUT2D eigenvalue weighted by molar-refractivity contribution is 8.32. The van der Waals surface area contributed by atoms with E-state index in [0.29, 0.717) is 6.04 Å². The number of ether oxygens (including phenoxy) is 2. The van der Waals surface area contributed by atoms with Crippen LogP contribution in [0.2, 0.25) is 0 Å². The lowest BCUT2D eigenvalue weighted by Gasteiger charge is -2.39. The summed E-state index contributed by atoms with van der Waals surface area (Å²) in [6, 6.07) is 0.658. The Hall–Kier alpha value is 0.230. The van der Waals surface area contributed by atoms with Crippen molar-refractivity contribution in [3.8, 4) is 0 Å². The van der Waals surface area contributed by atoms with Crippen LogP contribution in [0.15, 0.2) is 0 Å². The van der Waals surface area contributed by atoms with Crippen LogP contribution in [0.25, 0.3) is 0 Å². The zero-order chi connectivity index (χ0) is 11.3. The maximum atomic E-state index is 5.40. The first-order valence-electron chi connectivity index (χ1n) is 5.49. The van der Waals surface area contributed by atoms with Crippen molar-refractivity contribution in [1.82, 2.24) is 4.90 Å². The molecule has 0 aromatic heterocycles. The van der Waals surface area contributed by atoms with Crippen molar-refractivity contribution < 1.29 is 9.47 Å². The molecule has 0 unspecified atom stereocenters. The summed E-state index contributed by atoms with van der Waals surface area (Å²) in [6.07, 6.45) is 9.37. The van der Waals surface area contributed by atoms with Gasteiger partial charge in [-0.3, -0.25) is 4.90 Å². The molecule has 0 spiro atoms. The molecule has 0 aromatic rings. The topological polar surface area (TPSA) is 21.7 Å². The predicted octanol–water partition coefficient (Wildman–Crippen LogP) is 1.72. The molecule has 1 aliphatic rings. The van der Waals surface area contributed by atoms with E-state index in [1.54, 1.807) is 7.11 Å². The van der Waals surface area contributed by atoms with E-state index >= 15 is 0 Å². The van der Waals surface area contributed by atoms with Crippen LogP contribution in [0.3, 0.4) is 0 Å². The van der Waals surface area contributed by atoms with Crippen LogP contribution in [0.5, 0.6) is 0 Å². The first-order chi connectivity index (χ1) is 7.03. The summed E-state index contributed by atoms with van der Waals surface area (Å²) in [7, 11) is 1.29. The highest BCUT2D eigenvalue weighted by Gasteiger charge is 2.23. The monoisotopic (exact) mass is 235 g/mol. The smallest absolute Gasteiger partial charge is 0.0995 e. The Bertz CT molecular complexity index is 176. The Kier molecular flexibility index (Phi) is 5.39. The molecule has 3 nitrogen and oxygen atoms in total. The molecule has 0 aliphatic carbocycles. The van der Waals surface area contributed by atoms with Crippen LogP contribution >= 0.6 is 10.0 Å². The van der Waals surface area contributed by atoms with Crippen molar-refractivity contribution in [2.45, 2.75) is 18.9 Å². The van der Waals surface area contributed by atoms with Gasteiger partial charge in [0.2, 0.25) is 0 Å². The SMILES string of the molecule is COCN(CS(C)(C)C)C1CCOCC1. The van der Waals surface area contributed by atoms with Crippen molar-refractivity contribution in [2.24, 2.45) is 0 Å². The van der Waals surface area contributed by atoms with E-state index in [1.165, 1.54) is 5.88 Å². The van der Waals surface area contributed by atoms with E-state index < -0.39 is 10.0 Å². The fraction of sp³-hybridized carbons (Fsp3) is 1.00. The third kappa shape index (κ3) is 5.20. The second-order valence-electron chi connectivity index (χ2n) is 5.07. The fourth-order valence-electron chi connectivity index (χ4n) is 1.96. The zero-order valence-corrected chi connectivity index (χ0v) is 11.3. The Morgan fingerprint density at radius 1 is 1.27 bits per heavy atom. The standard InChI is InChI=1S/C11H25NO2S/c1-13-9-12(10-15(2,3)4)11-5-7-14-8-6-11/h11H,5-10H2,1-4H3. The van der Waals surface area contributed by atoms with Crippen molar-refractivity contribution >= 4 is 10.0 Å². The van der Waals surface area contributed by atoms with Crippen LogP contribution in [0, 0.1) is 0 Å². The van der Waals surface area contributed by atoms with Gasteiger partial charge < -0.3 is 9.47 Å². The summed E-state index contributed by atoms with van der Waals surface area (Å²) in [5, 5.41) is 0. The number of methoxy groups -OCH3 is 1. The third-order valence-electron chi connectivity index (χ3n) is 2.56. The van der Waals surface area contributed by atoms with Gasteiger partial charge >= 0.3 is 0 Å². The maximum Gasteiger partial charge on any atom is 0.0995 e. The third-order valence-corrected chi connectivity index (χ3v) is 3.66. The Morgan fingerprint density at radius 2 is 1.87 bits per heavy atom. The summed E-state index contributed by atoms with van der Waals surface area (Å²) >= 11 is 0. The van der Waals surface area contributed by atoms with E-state index in [-0.39, 0.29) is 0 Å². The van der Waals surface area contributed by atoms with Crippen LogP contribution in [0.4, 0.5) is 0 Å². The van der Waals surface area contributed by atoms with Crippen LogP contribution in [-0.4, -0.2) is 62.6 Å². The van der Waals surface area contributed by atoms with Gasteiger partial charge in [-0.2, -0.15) is 0 Å². The van der Waals surface area contributed by atoms with Gasteiger partial charge in [-0.15, -0.1) is 0 Å². The molecule has 0 radical (unpaired) electrons. The van der Waals surface area contributed by atoms with Crippen LogP contribution < -0.4 is 0 Å². The average Bonchev–Trinajstić information content (AvgIpc) is 2.17. The Labute approximate surface area is 95.4 Å². The van der Waals surface area contributed by atoms with E-state index in [1.807, 2.05) is 0 Å². The van der Waals surface area contributed by atoms with Gasteiger partial charge in [0, 0.05) is 32.2 Å². The largest absolute Gasteiger partial charge is 0.381 e. The summed E-state index contributed by atoms with van der Waals surface area (Å²) in [5.74, 6) is 1.17. The highest BCUT2D eigenvalue weighted by atomic mass is 32.3. The van der Waals surface area contributed by atoms with Gasteiger partial charge in [-0.25, -0.2) is 10.0 Å². The quantitative estimate of drug-likeness (QED) is 0.677. The van der Waals surface area contributed by atoms with Crippen molar-refractivity contribution in [2.75, 3.05) is 51.7 Å². The lowest BCUT2D eigenvalue weighted by molar-refractivity contribution is -0.00636. The minimum Gasteiger partial charge on any atom is -0.381 e. The molecule has 0 saturated carbocycles. The van der Waals surface area contributed by atoms with E-state index in [9.17, 15) is 0 Å². The molecule has 0 bridgehead atoms. The van der Waals surface area contributed by atoms with Gasteiger partial charge in [0.25, 0.3) is 0 Å². The molecular weight excluding hydrogens is 210 g/mol. The van der Waals surface area contributed by atoms with Gasteiger partial charge in [-0.1, -0.05) is 0 Å². The van der Waals surface area contributed by atoms with Gasteiger partial charge in [0.15, 0.2) is 0 Å². The number of nitrogens with zero attached hydrogens (tertiary/aromatic N) is 1. The average molecular weight is 235 g/mol.